The molecular formula is C14H18N6OS2. The monoisotopic (exact) mass is 350 g/mol. The van der Waals surface area contributed by atoms with Crippen LogP contribution in [0.25, 0.3) is 10.7 Å². The number of carbonyl (C=O) groups is 1. The van der Waals surface area contributed by atoms with Crippen LogP contribution >= 0.6 is 23.1 Å². The molecule has 0 spiro atoms. The zero-order chi connectivity index (χ0) is 17.0. The molecule has 122 valence electrons. The summed E-state index contributed by atoms with van der Waals surface area (Å²) in [6.45, 7) is 5.49. The van der Waals surface area contributed by atoms with Gasteiger partial charge >= 0.3 is 0 Å². The Morgan fingerprint density at radius 3 is 2.91 bits per heavy atom. The van der Waals surface area contributed by atoms with Crippen LogP contribution < -0.4 is 11.2 Å². The summed E-state index contributed by atoms with van der Waals surface area (Å²) in [6, 6.07) is 5.95. The third-order valence-electron chi connectivity index (χ3n) is 3.52. The van der Waals surface area contributed by atoms with E-state index in [0.717, 1.165) is 4.88 Å². The molecule has 0 aliphatic heterocycles. The van der Waals surface area contributed by atoms with Crippen LogP contribution in [-0.2, 0) is 4.79 Å². The minimum Gasteiger partial charge on any atom is -0.337 e. The van der Waals surface area contributed by atoms with Gasteiger partial charge in [-0.15, -0.1) is 21.5 Å². The number of nitrogens with two attached hydrogens (primary N) is 1. The normalized spacial score (nSPS) is 13.5. The van der Waals surface area contributed by atoms with Crippen molar-refractivity contribution in [3.05, 3.63) is 17.5 Å². The summed E-state index contributed by atoms with van der Waals surface area (Å²) in [5, 5.41) is 22.4. The number of rotatable bonds is 6. The predicted octanol–water partition coefficient (Wildman–Crippen LogP) is 1.87. The van der Waals surface area contributed by atoms with E-state index >= 15 is 0 Å². The minimum atomic E-state index is -0.893. The molecule has 0 bridgehead atoms. The van der Waals surface area contributed by atoms with Gasteiger partial charge in [0.05, 0.1) is 16.7 Å². The highest BCUT2D eigenvalue weighted by molar-refractivity contribution is 7.99. The molecule has 1 amide bonds. The molecule has 0 aliphatic rings. The molecule has 23 heavy (non-hydrogen) atoms. The number of thioether (sulfide) groups is 1. The van der Waals surface area contributed by atoms with Gasteiger partial charge in [-0.3, -0.25) is 4.79 Å². The number of nitrogen functional groups attached to an aromatic ring is 1. The molecule has 0 unspecified atom stereocenters. The first-order chi connectivity index (χ1) is 10.9. The van der Waals surface area contributed by atoms with Gasteiger partial charge in [-0.05, 0) is 24.3 Å². The summed E-state index contributed by atoms with van der Waals surface area (Å²) in [4.78, 5) is 13.0. The molecule has 0 radical (unpaired) electrons. The van der Waals surface area contributed by atoms with E-state index in [1.54, 1.807) is 6.92 Å². The Kier molecular flexibility index (Phi) is 5.28. The van der Waals surface area contributed by atoms with Gasteiger partial charge in [0.15, 0.2) is 5.82 Å². The Balaban J connectivity index is 1.99. The number of carbonyl (C=O) groups excluding carboxylic acids is 1. The quantitative estimate of drug-likeness (QED) is 0.608. The van der Waals surface area contributed by atoms with Gasteiger partial charge in [0, 0.05) is 0 Å². The summed E-state index contributed by atoms with van der Waals surface area (Å²) in [6.07, 6.45) is 0. The first-order valence-electron chi connectivity index (χ1n) is 6.97. The van der Waals surface area contributed by atoms with Gasteiger partial charge in [0.25, 0.3) is 0 Å². The molecule has 3 N–H and O–H groups in total. The van der Waals surface area contributed by atoms with Crippen molar-refractivity contribution in [1.82, 2.24) is 20.2 Å². The maximum absolute atomic E-state index is 12.1. The van der Waals surface area contributed by atoms with E-state index in [-0.39, 0.29) is 17.6 Å². The summed E-state index contributed by atoms with van der Waals surface area (Å²) in [5.74, 6) is 6.42. The van der Waals surface area contributed by atoms with Crippen LogP contribution in [0.1, 0.15) is 20.8 Å². The number of nitriles is 1. The molecule has 0 aliphatic carbocycles. The average Bonchev–Trinajstić information content (AvgIpc) is 3.14. The van der Waals surface area contributed by atoms with Gasteiger partial charge in [0.1, 0.15) is 5.54 Å². The lowest BCUT2D eigenvalue weighted by Gasteiger charge is -2.27. The largest absolute Gasteiger partial charge is 0.337 e. The molecule has 0 saturated carbocycles. The molecule has 2 heterocycles. The van der Waals surface area contributed by atoms with E-state index < -0.39 is 5.54 Å². The molecule has 0 fully saturated rings. The summed E-state index contributed by atoms with van der Waals surface area (Å²) in [7, 11) is 0. The third kappa shape index (κ3) is 3.83. The molecule has 0 saturated heterocycles. The lowest BCUT2D eigenvalue weighted by Crippen LogP contribution is -2.49. The second kappa shape index (κ2) is 7.02. The second-order valence-corrected chi connectivity index (χ2v) is 7.35. The van der Waals surface area contributed by atoms with Gasteiger partial charge in [-0.25, -0.2) is 4.68 Å². The standard InChI is InChI=1S/C14H18N6OS2/c1-9(2)14(3,8-15)17-11(21)7-23-13-19-18-12(20(13)16)10-5-4-6-22-10/h4-6,9H,7,16H2,1-3H3,(H,17,21)/t14-/m0/s1. The van der Waals surface area contributed by atoms with Crippen LogP contribution in [0.2, 0.25) is 0 Å². The van der Waals surface area contributed by atoms with Crippen molar-refractivity contribution in [3.8, 4) is 16.8 Å². The van der Waals surface area contributed by atoms with E-state index in [4.69, 9.17) is 5.84 Å². The van der Waals surface area contributed by atoms with Gasteiger partial charge in [-0.2, -0.15) is 5.26 Å². The van der Waals surface area contributed by atoms with Crippen LogP contribution in [-0.4, -0.2) is 32.1 Å². The number of amides is 1. The van der Waals surface area contributed by atoms with Crippen LogP contribution in [0, 0.1) is 17.2 Å². The summed E-state index contributed by atoms with van der Waals surface area (Å²) >= 11 is 2.70. The molecule has 2 rings (SSSR count). The van der Waals surface area contributed by atoms with Crippen molar-refractivity contribution < 1.29 is 4.79 Å². The Morgan fingerprint density at radius 1 is 1.61 bits per heavy atom. The van der Waals surface area contributed by atoms with Crippen molar-refractivity contribution in [2.75, 3.05) is 11.6 Å². The zero-order valence-electron chi connectivity index (χ0n) is 13.1. The Labute approximate surface area is 142 Å². The van der Waals surface area contributed by atoms with Crippen molar-refractivity contribution in [1.29, 1.82) is 5.26 Å². The maximum atomic E-state index is 12.1. The molecule has 2 aromatic heterocycles. The van der Waals surface area contributed by atoms with Crippen LogP contribution in [0.15, 0.2) is 22.7 Å². The molecular weight excluding hydrogens is 332 g/mol. The number of thiophene rings is 1. The van der Waals surface area contributed by atoms with Gasteiger partial charge < -0.3 is 11.2 Å². The smallest absolute Gasteiger partial charge is 0.231 e. The lowest BCUT2D eigenvalue weighted by molar-refractivity contribution is -0.120. The van der Waals surface area contributed by atoms with E-state index in [2.05, 4.69) is 21.6 Å². The fraction of sp³-hybridized carbons (Fsp3) is 0.429. The number of hydrogen-bond donors (Lipinski definition) is 2. The van der Waals surface area contributed by atoms with Crippen LogP contribution in [0.3, 0.4) is 0 Å². The Bertz CT molecular complexity index is 718. The first-order valence-corrected chi connectivity index (χ1v) is 8.83. The fourth-order valence-electron chi connectivity index (χ4n) is 1.71. The van der Waals surface area contributed by atoms with Crippen molar-refractivity contribution in [2.24, 2.45) is 5.92 Å². The number of aromatic nitrogens is 3. The van der Waals surface area contributed by atoms with E-state index in [1.807, 2.05) is 31.4 Å². The highest BCUT2D eigenvalue weighted by Gasteiger charge is 2.30. The number of nitrogens with zero attached hydrogens (tertiary/aromatic N) is 4. The molecule has 2 aromatic rings. The maximum Gasteiger partial charge on any atom is 0.231 e. The number of hydrogen-bond acceptors (Lipinski definition) is 7. The molecule has 7 nitrogen and oxygen atoms in total. The molecule has 0 aromatic carbocycles. The van der Waals surface area contributed by atoms with E-state index in [9.17, 15) is 10.1 Å². The molecule has 1 atom stereocenters. The second-order valence-electron chi connectivity index (χ2n) is 5.46. The third-order valence-corrected chi connectivity index (χ3v) is 5.33. The van der Waals surface area contributed by atoms with Crippen LogP contribution in [0.5, 0.6) is 0 Å². The highest BCUT2D eigenvalue weighted by Crippen LogP contribution is 2.25. The Morgan fingerprint density at radius 2 is 2.35 bits per heavy atom. The van der Waals surface area contributed by atoms with E-state index in [1.165, 1.54) is 27.8 Å². The van der Waals surface area contributed by atoms with Crippen LogP contribution in [0.4, 0.5) is 0 Å². The predicted molar refractivity (Wildman–Crippen MR) is 91.2 cm³/mol. The average molecular weight is 350 g/mol. The fourth-order valence-corrected chi connectivity index (χ4v) is 3.07. The van der Waals surface area contributed by atoms with Crippen molar-refractivity contribution in [3.63, 3.8) is 0 Å². The van der Waals surface area contributed by atoms with Crippen molar-refractivity contribution in [2.45, 2.75) is 31.5 Å². The summed E-state index contributed by atoms with van der Waals surface area (Å²) < 4.78 is 1.37. The van der Waals surface area contributed by atoms with Gasteiger partial charge in [0.2, 0.25) is 11.1 Å². The SMILES string of the molecule is CC(C)[C@](C)(C#N)NC(=O)CSc1nnc(-c2cccs2)n1N. The minimum absolute atomic E-state index is 0.00467. The first kappa shape index (κ1) is 17.3. The van der Waals surface area contributed by atoms with Crippen molar-refractivity contribution >= 4 is 29.0 Å². The topological polar surface area (TPSA) is 110 Å². The highest BCUT2D eigenvalue weighted by atomic mass is 32.2. The number of nitrogens with one attached hydrogen (secondary N) is 1. The van der Waals surface area contributed by atoms with Gasteiger partial charge in [-0.1, -0.05) is 31.7 Å². The Hall–Kier alpha value is -2.05. The summed E-state index contributed by atoms with van der Waals surface area (Å²) in [5.41, 5.74) is -0.893. The van der Waals surface area contributed by atoms with E-state index in [0.29, 0.717) is 11.0 Å². The molecule has 9 heteroatoms. The zero-order valence-corrected chi connectivity index (χ0v) is 14.7. The lowest BCUT2D eigenvalue weighted by atomic mass is 9.90.